The molecule has 0 spiro atoms. The summed E-state index contributed by atoms with van der Waals surface area (Å²) < 4.78 is 28.3. The standard InChI is InChI=1S/C20H15FNO.C19H26NSi.Ir/c1-12(2)13-9-10-22-17(11-13)14-5-3-6-15-19-16(21)7-4-8-18(19)23-20(14)15;1-19(2,3)13-16-12-17(15-10-8-7-9-11-15)20-14-18(16)21(4,5)6;/h3-4,6-12H,1-2H3;7-10,12,14H,13H2,1-6H3;/q2*-1;/i12D;;. The molecule has 3 aromatic carbocycles. The maximum atomic E-state index is 14.2. The summed E-state index contributed by atoms with van der Waals surface area (Å²) in [5.74, 6) is -1.04. The van der Waals surface area contributed by atoms with Gasteiger partial charge in [0.05, 0.1) is 13.7 Å². The number of rotatable bonds is 5. The molecule has 0 amide bonds. The average molecular weight is 794 g/mol. The monoisotopic (exact) mass is 794 g/mol. The van der Waals surface area contributed by atoms with Crippen molar-refractivity contribution in [3.63, 3.8) is 0 Å². The second kappa shape index (κ2) is 13.9. The van der Waals surface area contributed by atoms with Gasteiger partial charge in [0.1, 0.15) is 11.4 Å². The topological polar surface area (TPSA) is 38.9 Å². The van der Waals surface area contributed by atoms with E-state index < -0.39 is 14.0 Å². The minimum absolute atomic E-state index is 0. The quantitative estimate of drug-likeness (QED) is 0.129. The number of halogens is 1. The molecule has 0 N–H and O–H groups in total. The Labute approximate surface area is 283 Å². The summed E-state index contributed by atoms with van der Waals surface area (Å²) in [6, 6.07) is 28.8. The molecule has 0 bridgehead atoms. The number of furan rings is 1. The first-order valence-electron chi connectivity index (χ1n) is 15.6. The molecule has 0 unspecified atom stereocenters. The van der Waals surface area contributed by atoms with Crippen molar-refractivity contribution in [2.24, 2.45) is 5.41 Å². The van der Waals surface area contributed by atoms with E-state index in [1.54, 1.807) is 30.5 Å². The van der Waals surface area contributed by atoms with Crippen molar-refractivity contribution < 1.29 is 30.3 Å². The van der Waals surface area contributed by atoms with Crippen molar-refractivity contribution in [1.29, 1.82) is 0 Å². The molecule has 45 heavy (non-hydrogen) atoms. The van der Waals surface area contributed by atoms with E-state index in [2.05, 4.69) is 75.9 Å². The Hall–Kier alpha value is -3.44. The van der Waals surface area contributed by atoms with E-state index in [1.807, 2.05) is 44.2 Å². The molecule has 6 aromatic rings. The molecule has 235 valence electrons. The van der Waals surface area contributed by atoms with Crippen molar-refractivity contribution in [2.75, 3.05) is 0 Å². The van der Waals surface area contributed by atoms with Crippen LogP contribution in [0.1, 0.15) is 53.0 Å². The minimum atomic E-state index is -1.37. The molecule has 3 nitrogen and oxygen atoms in total. The average Bonchev–Trinajstić information content (AvgIpc) is 3.36. The van der Waals surface area contributed by atoms with Crippen LogP contribution in [-0.4, -0.2) is 18.0 Å². The summed E-state index contributed by atoms with van der Waals surface area (Å²) in [4.78, 5) is 9.11. The SMILES string of the molecule is CC(C)(C)Cc1cc(-c2[c-]cccc2)ncc1[Si](C)(C)C.[2H]C(C)(C)c1ccnc(-c2[c-]ccc3c2oc2cccc(F)c23)c1.[Ir]. The molecule has 6 heteroatoms. The smallest absolute Gasteiger partial charge is 0.133 e. The summed E-state index contributed by atoms with van der Waals surface area (Å²) in [5.41, 5.74) is 7.11. The number of hydrogen-bond donors (Lipinski definition) is 0. The largest absolute Gasteiger partial charge is 0.500 e. The van der Waals surface area contributed by atoms with Crippen LogP contribution in [0.5, 0.6) is 0 Å². The molecule has 0 aliphatic carbocycles. The Kier molecular flexibility index (Phi) is 10.2. The molecule has 0 fully saturated rings. The van der Waals surface area contributed by atoms with Crippen LogP contribution < -0.4 is 5.19 Å². The maximum absolute atomic E-state index is 14.2. The predicted octanol–water partition coefficient (Wildman–Crippen LogP) is 10.4. The summed E-state index contributed by atoms with van der Waals surface area (Å²) in [5, 5.41) is 2.66. The Morgan fingerprint density at radius 2 is 1.71 bits per heavy atom. The van der Waals surface area contributed by atoms with Gasteiger partial charge in [0, 0.05) is 39.3 Å². The number of aromatic nitrogens is 2. The van der Waals surface area contributed by atoms with Gasteiger partial charge in [-0.15, -0.1) is 54.1 Å². The van der Waals surface area contributed by atoms with Crippen molar-refractivity contribution in [2.45, 2.75) is 66.6 Å². The van der Waals surface area contributed by atoms with Crippen LogP contribution in [0, 0.1) is 23.4 Å². The van der Waals surface area contributed by atoms with Gasteiger partial charge in [-0.25, -0.2) is 4.39 Å². The third kappa shape index (κ3) is 8.05. The van der Waals surface area contributed by atoms with Gasteiger partial charge in [-0.2, -0.15) is 0 Å². The molecule has 0 aliphatic heterocycles. The fourth-order valence-electron chi connectivity index (χ4n) is 5.41. The van der Waals surface area contributed by atoms with Crippen LogP contribution in [0.25, 0.3) is 44.5 Å². The normalized spacial score (nSPS) is 12.3. The first-order valence-corrected chi connectivity index (χ1v) is 18.6. The van der Waals surface area contributed by atoms with Crippen molar-refractivity contribution >= 4 is 35.2 Å². The van der Waals surface area contributed by atoms with Crippen LogP contribution >= 0.6 is 0 Å². The van der Waals surface area contributed by atoms with Crippen LogP contribution in [0.4, 0.5) is 4.39 Å². The van der Waals surface area contributed by atoms with Crippen LogP contribution in [0.15, 0.2) is 89.6 Å². The van der Waals surface area contributed by atoms with Gasteiger partial charge in [-0.3, -0.25) is 0 Å². The van der Waals surface area contributed by atoms with Gasteiger partial charge < -0.3 is 14.4 Å². The van der Waals surface area contributed by atoms with Gasteiger partial charge in [-0.05, 0) is 52.5 Å². The third-order valence-corrected chi connectivity index (χ3v) is 9.57. The molecule has 1 radical (unpaired) electrons. The fourth-order valence-corrected chi connectivity index (χ4v) is 6.98. The Morgan fingerprint density at radius 1 is 0.933 bits per heavy atom. The van der Waals surface area contributed by atoms with E-state index in [0.29, 0.717) is 33.2 Å². The fraction of sp³-hybridized carbons (Fsp3) is 0.282. The predicted molar refractivity (Wildman–Crippen MR) is 184 cm³/mol. The van der Waals surface area contributed by atoms with Gasteiger partial charge in [0.25, 0.3) is 0 Å². The molecular formula is C39H41FIrN2OSi-2. The first kappa shape index (κ1) is 32.9. The van der Waals surface area contributed by atoms with E-state index in [9.17, 15) is 4.39 Å². The van der Waals surface area contributed by atoms with Crippen LogP contribution in [-0.2, 0) is 26.5 Å². The van der Waals surface area contributed by atoms with Gasteiger partial charge in [0.15, 0.2) is 0 Å². The van der Waals surface area contributed by atoms with Gasteiger partial charge in [0.2, 0.25) is 0 Å². The maximum Gasteiger partial charge on any atom is 0.133 e. The van der Waals surface area contributed by atoms with E-state index in [0.717, 1.165) is 23.2 Å². The second-order valence-corrected chi connectivity index (χ2v) is 18.8. The molecule has 6 rings (SSSR count). The van der Waals surface area contributed by atoms with Crippen LogP contribution in [0.2, 0.25) is 19.6 Å². The van der Waals surface area contributed by atoms with Gasteiger partial charge >= 0.3 is 0 Å². The van der Waals surface area contributed by atoms with Crippen molar-refractivity contribution in [3.05, 3.63) is 114 Å². The van der Waals surface area contributed by atoms with E-state index in [4.69, 9.17) is 10.8 Å². The number of pyridine rings is 2. The van der Waals surface area contributed by atoms with E-state index in [1.165, 1.54) is 16.8 Å². The van der Waals surface area contributed by atoms with Crippen molar-refractivity contribution in [1.82, 2.24) is 9.97 Å². The number of hydrogen-bond acceptors (Lipinski definition) is 3. The first-order chi connectivity index (χ1) is 21.1. The summed E-state index contributed by atoms with van der Waals surface area (Å²) >= 11 is 0. The summed E-state index contributed by atoms with van der Waals surface area (Å²) in [6.07, 6.45) is 4.88. The number of benzene rings is 3. The molecule has 3 aromatic heterocycles. The molecular weight excluding hydrogens is 752 g/mol. The number of nitrogens with zero attached hydrogens (tertiary/aromatic N) is 2. The van der Waals surface area contributed by atoms with Crippen LogP contribution in [0.3, 0.4) is 0 Å². The van der Waals surface area contributed by atoms with Gasteiger partial charge in [-0.1, -0.05) is 94.5 Å². The Morgan fingerprint density at radius 3 is 2.38 bits per heavy atom. The Balaban J connectivity index is 0.000000207. The molecule has 0 aliphatic rings. The molecule has 0 saturated carbocycles. The zero-order valence-electron chi connectivity index (χ0n) is 28.3. The van der Waals surface area contributed by atoms with Crippen molar-refractivity contribution in [3.8, 4) is 22.5 Å². The molecule has 0 atom stereocenters. The zero-order valence-corrected chi connectivity index (χ0v) is 30.7. The summed E-state index contributed by atoms with van der Waals surface area (Å²) in [7, 11) is -1.37. The summed E-state index contributed by atoms with van der Waals surface area (Å²) in [6.45, 7) is 17.7. The van der Waals surface area contributed by atoms with E-state index in [-0.39, 0.29) is 31.3 Å². The van der Waals surface area contributed by atoms with E-state index >= 15 is 0 Å². The number of fused-ring (bicyclic) bond motifs is 3. The second-order valence-electron chi connectivity index (χ2n) is 13.7. The molecule has 0 saturated heterocycles. The molecule has 3 heterocycles. The zero-order chi connectivity index (χ0) is 32.6. The minimum Gasteiger partial charge on any atom is -0.500 e. The Bertz CT molecular complexity index is 1950. The third-order valence-electron chi connectivity index (χ3n) is 7.50.